The Balaban J connectivity index is 1.54. The second-order valence-electron chi connectivity index (χ2n) is 5.27. The zero-order valence-electron chi connectivity index (χ0n) is 10.2. The second kappa shape index (κ2) is 4.14. The first-order chi connectivity index (χ1) is 8.90. The van der Waals surface area contributed by atoms with Crippen LogP contribution in [0.2, 0.25) is 0 Å². The molecule has 2 fully saturated rings. The average Bonchev–Trinajstić information content (AvgIpc) is 3.17. The van der Waals surface area contributed by atoms with Gasteiger partial charge in [0.25, 0.3) is 0 Å². The summed E-state index contributed by atoms with van der Waals surface area (Å²) in [5, 5.41) is 3.48. The molecule has 0 radical (unpaired) electrons. The SMILES string of the molecule is c1cc2c(cc1C1CNCC(C3CC3)O1)OCO2. The Bertz CT molecular complexity index is 458. The van der Waals surface area contributed by atoms with Crippen LogP contribution in [0.5, 0.6) is 11.5 Å². The maximum atomic E-state index is 6.20. The van der Waals surface area contributed by atoms with Crippen LogP contribution in [-0.2, 0) is 4.74 Å². The molecule has 1 aliphatic carbocycles. The third-order valence-corrected chi connectivity index (χ3v) is 3.93. The van der Waals surface area contributed by atoms with E-state index in [0.717, 1.165) is 30.5 Å². The number of benzene rings is 1. The van der Waals surface area contributed by atoms with Crippen molar-refractivity contribution in [3.63, 3.8) is 0 Å². The number of ether oxygens (including phenoxy) is 3. The molecule has 0 bridgehead atoms. The summed E-state index contributed by atoms with van der Waals surface area (Å²) in [5.74, 6) is 2.44. The van der Waals surface area contributed by atoms with Crippen molar-refractivity contribution in [3.05, 3.63) is 23.8 Å². The topological polar surface area (TPSA) is 39.7 Å². The Morgan fingerprint density at radius 1 is 1.06 bits per heavy atom. The smallest absolute Gasteiger partial charge is 0.231 e. The molecule has 2 unspecified atom stereocenters. The first-order valence-electron chi connectivity index (χ1n) is 6.66. The molecular weight excluding hydrogens is 230 g/mol. The largest absolute Gasteiger partial charge is 0.454 e. The van der Waals surface area contributed by atoms with Crippen LogP contribution in [0, 0.1) is 5.92 Å². The number of morpholine rings is 1. The lowest BCUT2D eigenvalue weighted by atomic mass is 10.1. The van der Waals surface area contributed by atoms with Crippen molar-refractivity contribution in [2.24, 2.45) is 5.92 Å². The van der Waals surface area contributed by atoms with Crippen LogP contribution in [0.3, 0.4) is 0 Å². The minimum absolute atomic E-state index is 0.138. The van der Waals surface area contributed by atoms with Crippen LogP contribution in [-0.4, -0.2) is 26.0 Å². The van der Waals surface area contributed by atoms with Gasteiger partial charge in [-0.2, -0.15) is 0 Å². The van der Waals surface area contributed by atoms with Crippen LogP contribution >= 0.6 is 0 Å². The lowest BCUT2D eigenvalue weighted by molar-refractivity contribution is -0.0494. The number of rotatable bonds is 2. The zero-order valence-corrected chi connectivity index (χ0v) is 10.2. The zero-order chi connectivity index (χ0) is 11.9. The van der Waals surface area contributed by atoms with Gasteiger partial charge in [-0.15, -0.1) is 0 Å². The lowest BCUT2D eigenvalue weighted by Crippen LogP contribution is -2.41. The van der Waals surface area contributed by atoms with E-state index >= 15 is 0 Å². The van der Waals surface area contributed by atoms with Crippen molar-refractivity contribution in [1.82, 2.24) is 5.32 Å². The highest BCUT2D eigenvalue weighted by Gasteiger charge is 2.36. The van der Waals surface area contributed by atoms with Gasteiger partial charge in [0, 0.05) is 13.1 Å². The summed E-state index contributed by atoms with van der Waals surface area (Å²) < 4.78 is 16.9. The van der Waals surface area contributed by atoms with Crippen molar-refractivity contribution in [2.75, 3.05) is 19.9 Å². The molecule has 3 aliphatic rings. The maximum absolute atomic E-state index is 6.20. The van der Waals surface area contributed by atoms with E-state index in [1.807, 2.05) is 12.1 Å². The highest BCUT2D eigenvalue weighted by Crippen LogP contribution is 2.39. The van der Waals surface area contributed by atoms with Crippen molar-refractivity contribution in [1.29, 1.82) is 0 Å². The Morgan fingerprint density at radius 3 is 2.83 bits per heavy atom. The van der Waals surface area contributed by atoms with Gasteiger partial charge in [0.1, 0.15) is 0 Å². The van der Waals surface area contributed by atoms with E-state index in [9.17, 15) is 0 Å². The van der Waals surface area contributed by atoms with Gasteiger partial charge < -0.3 is 19.5 Å². The van der Waals surface area contributed by atoms with Gasteiger partial charge in [-0.1, -0.05) is 6.07 Å². The molecular formula is C14H17NO3. The maximum Gasteiger partial charge on any atom is 0.231 e. The molecule has 1 N–H and O–H groups in total. The molecule has 1 aromatic carbocycles. The normalized spacial score (nSPS) is 30.4. The first-order valence-corrected chi connectivity index (χ1v) is 6.66. The monoisotopic (exact) mass is 247 g/mol. The lowest BCUT2D eigenvalue weighted by Gasteiger charge is -2.31. The summed E-state index contributed by atoms with van der Waals surface area (Å²) in [7, 11) is 0. The molecule has 18 heavy (non-hydrogen) atoms. The standard InChI is InChI=1S/C14H17NO3/c1-2-9(1)13-6-15-7-14(18-13)10-3-4-11-12(5-10)17-8-16-11/h3-5,9,13-15H,1-2,6-8H2. The molecule has 4 heteroatoms. The van der Waals surface area contributed by atoms with Gasteiger partial charge in [-0.3, -0.25) is 0 Å². The van der Waals surface area contributed by atoms with E-state index in [1.165, 1.54) is 18.4 Å². The minimum Gasteiger partial charge on any atom is -0.454 e. The van der Waals surface area contributed by atoms with Gasteiger partial charge in [0.2, 0.25) is 6.79 Å². The van der Waals surface area contributed by atoms with Gasteiger partial charge in [-0.05, 0) is 36.5 Å². The Labute approximate surface area is 106 Å². The first kappa shape index (κ1) is 10.6. The van der Waals surface area contributed by atoms with Gasteiger partial charge in [0.15, 0.2) is 11.5 Å². The van der Waals surface area contributed by atoms with Crippen LogP contribution < -0.4 is 14.8 Å². The van der Waals surface area contributed by atoms with Crippen molar-refractivity contribution < 1.29 is 14.2 Å². The number of hydrogen-bond donors (Lipinski definition) is 1. The van der Waals surface area contributed by atoms with E-state index in [0.29, 0.717) is 12.9 Å². The Morgan fingerprint density at radius 2 is 1.94 bits per heavy atom. The number of fused-ring (bicyclic) bond motifs is 1. The molecule has 4 nitrogen and oxygen atoms in total. The van der Waals surface area contributed by atoms with Crippen LogP contribution in [0.4, 0.5) is 0 Å². The van der Waals surface area contributed by atoms with E-state index < -0.39 is 0 Å². The molecule has 4 rings (SSSR count). The van der Waals surface area contributed by atoms with Crippen molar-refractivity contribution in [3.8, 4) is 11.5 Å². The Kier molecular flexibility index (Phi) is 2.45. The molecule has 2 heterocycles. The summed E-state index contributed by atoms with van der Waals surface area (Å²) in [4.78, 5) is 0. The fourth-order valence-electron chi connectivity index (χ4n) is 2.72. The molecule has 2 atom stereocenters. The van der Waals surface area contributed by atoms with E-state index in [-0.39, 0.29) is 6.10 Å². The molecule has 0 spiro atoms. The minimum atomic E-state index is 0.138. The molecule has 0 aromatic heterocycles. The average molecular weight is 247 g/mol. The van der Waals surface area contributed by atoms with Gasteiger partial charge >= 0.3 is 0 Å². The van der Waals surface area contributed by atoms with Crippen LogP contribution in [0.1, 0.15) is 24.5 Å². The van der Waals surface area contributed by atoms with E-state index in [2.05, 4.69) is 11.4 Å². The van der Waals surface area contributed by atoms with E-state index in [4.69, 9.17) is 14.2 Å². The fraction of sp³-hybridized carbons (Fsp3) is 0.571. The highest BCUT2D eigenvalue weighted by molar-refractivity contribution is 5.45. The second-order valence-corrected chi connectivity index (χ2v) is 5.27. The molecule has 1 aromatic rings. The predicted octanol–water partition coefficient (Wildman–Crippen LogP) is 1.85. The Hall–Kier alpha value is -1.26. The third-order valence-electron chi connectivity index (χ3n) is 3.93. The summed E-state index contributed by atoms with van der Waals surface area (Å²) in [5.41, 5.74) is 1.18. The summed E-state index contributed by atoms with van der Waals surface area (Å²) in [6, 6.07) is 6.10. The highest BCUT2D eigenvalue weighted by atomic mass is 16.7. The molecule has 96 valence electrons. The number of nitrogens with one attached hydrogen (secondary N) is 1. The van der Waals surface area contributed by atoms with Crippen molar-refractivity contribution in [2.45, 2.75) is 25.0 Å². The number of hydrogen-bond acceptors (Lipinski definition) is 4. The quantitative estimate of drug-likeness (QED) is 0.866. The third kappa shape index (κ3) is 1.85. The summed E-state index contributed by atoms with van der Waals surface area (Å²) in [6.45, 7) is 2.20. The molecule has 2 aliphatic heterocycles. The molecule has 0 amide bonds. The van der Waals surface area contributed by atoms with E-state index in [1.54, 1.807) is 0 Å². The molecule has 1 saturated heterocycles. The van der Waals surface area contributed by atoms with Crippen LogP contribution in [0.25, 0.3) is 0 Å². The summed E-state index contributed by atoms with van der Waals surface area (Å²) >= 11 is 0. The van der Waals surface area contributed by atoms with Gasteiger partial charge in [0.05, 0.1) is 12.2 Å². The van der Waals surface area contributed by atoms with Gasteiger partial charge in [-0.25, -0.2) is 0 Å². The fourth-order valence-corrected chi connectivity index (χ4v) is 2.72. The van der Waals surface area contributed by atoms with Crippen LogP contribution in [0.15, 0.2) is 18.2 Å². The predicted molar refractivity (Wildman–Crippen MR) is 65.8 cm³/mol. The van der Waals surface area contributed by atoms with Crippen molar-refractivity contribution >= 4 is 0 Å². The summed E-state index contributed by atoms with van der Waals surface area (Å²) in [6.07, 6.45) is 3.16. The molecule has 1 saturated carbocycles.